The van der Waals surface area contributed by atoms with Crippen molar-refractivity contribution in [1.82, 2.24) is 4.31 Å². The first-order chi connectivity index (χ1) is 12.7. The molecule has 3 saturated heterocycles. The summed E-state index contributed by atoms with van der Waals surface area (Å²) in [6.45, 7) is 0.906. The first-order valence-electron chi connectivity index (χ1n) is 9.01. The highest BCUT2D eigenvalue weighted by Crippen LogP contribution is 2.39. The van der Waals surface area contributed by atoms with Crippen LogP contribution in [-0.4, -0.2) is 57.7 Å². The van der Waals surface area contributed by atoms with Crippen molar-refractivity contribution in [3.05, 3.63) is 23.2 Å². The molecule has 3 aliphatic heterocycles. The maximum absolute atomic E-state index is 13.0. The van der Waals surface area contributed by atoms with Crippen LogP contribution in [0.25, 0.3) is 0 Å². The van der Waals surface area contributed by atoms with Crippen LogP contribution in [-0.2, 0) is 24.7 Å². The predicted molar refractivity (Wildman–Crippen MR) is 102 cm³/mol. The van der Waals surface area contributed by atoms with Gasteiger partial charge in [0.25, 0.3) is 0 Å². The third kappa shape index (κ3) is 3.39. The monoisotopic (exact) mass is 432 g/mol. The Morgan fingerprint density at radius 1 is 1.07 bits per heavy atom. The summed E-state index contributed by atoms with van der Waals surface area (Å²) in [5, 5.41) is 0.103. The van der Waals surface area contributed by atoms with Crippen molar-refractivity contribution in [3.63, 3.8) is 0 Å². The number of carbonyl (C=O) groups is 1. The van der Waals surface area contributed by atoms with Gasteiger partial charge in [-0.15, -0.1) is 0 Å². The van der Waals surface area contributed by atoms with E-state index >= 15 is 0 Å². The zero-order valence-electron chi connectivity index (χ0n) is 14.7. The second kappa shape index (κ2) is 6.72. The van der Waals surface area contributed by atoms with Gasteiger partial charge in [0.05, 0.1) is 22.6 Å². The molecule has 0 bridgehead atoms. The SMILES string of the molecule is O=C1CC2CS(=O)(=O)CC2N1c1ccc(Cl)c(S(=O)(=O)N2CCCCC2)c1. The van der Waals surface area contributed by atoms with Gasteiger partial charge in [-0.1, -0.05) is 18.0 Å². The summed E-state index contributed by atoms with van der Waals surface area (Å²) < 4.78 is 51.4. The van der Waals surface area contributed by atoms with Crippen molar-refractivity contribution in [2.45, 2.75) is 36.6 Å². The van der Waals surface area contributed by atoms with Gasteiger partial charge >= 0.3 is 0 Å². The average molecular weight is 433 g/mol. The third-order valence-electron chi connectivity index (χ3n) is 5.60. The molecule has 4 rings (SSSR count). The van der Waals surface area contributed by atoms with E-state index in [1.54, 1.807) is 6.07 Å². The summed E-state index contributed by atoms with van der Waals surface area (Å²) in [5.41, 5.74) is 0.393. The maximum Gasteiger partial charge on any atom is 0.244 e. The van der Waals surface area contributed by atoms with Gasteiger partial charge in [0.15, 0.2) is 9.84 Å². The summed E-state index contributed by atoms with van der Waals surface area (Å²) >= 11 is 6.19. The normalized spacial score (nSPS) is 28.5. The molecular formula is C17H21ClN2O5S2. The van der Waals surface area contributed by atoms with Gasteiger partial charge in [0.2, 0.25) is 15.9 Å². The van der Waals surface area contributed by atoms with E-state index in [0.29, 0.717) is 18.8 Å². The molecule has 2 unspecified atom stereocenters. The van der Waals surface area contributed by atoms with Crippen LogP contribution in [0.3, 0.4) is 0 Å². The molecule has 2 atom stereocenters. The van der Waals surface area contributed by atoms with Crippen molar-refractivity contribution >= 4 is 43.1 Å². The predicted octanol–water partition coefficient (Wildman–Crippen LogP) is 1.66. The Bertz CT molecular complexity index is 987. The molecular weight excluding hydrogens is 412 g/mol. The van der Waals surface area contributed by atoms with Crippen molar-refractivity contribution in [3.8, 4) is 0 Å². The first-order valence-corrected chi connectivity index (χ1v) is 12.7. The molecule has 1 aromatic rings. The number of sulfonamides is 1. The van der Waals surface area contributed by atoms with Crippen LogP contribution < -0.4 is 4.90 Å². The summed E-state index contributed by atoms with van der Waals surface area (Å²) in [6, 6.07) is 4.03. The van der Waals surface area contributed by atoms with Crippen LogP contribution in [0.15, 0.2) is 23.1 Å². The molecule has 3 aliphatic rings. The lowest BCUT2D eigenvalue weighted by atomic mass is 10.1. The fourth-order valence-electron chi connectivity index (χ4n) is 4.31. The highest BCUT2D eigenvalue weighted by Gasteiger charge is 2.49. The number of carbonyl (C=O) groups excluding carboxylic acids is 1. The Labute approximate surface area is 164 Å². The number of piperidine rings is 1. The van der Waals surface area contributed by atoms with Gasteiger partial charge in [-0.05, 0) is 31.0 Å². The summed E-state index contributed by atoms with van der Waals surface area (Å²) in [6.07, 6.45) is 2.78. The number of halogens is 1. The van der Waals surface area contributed by atoms with Crippen LogP contribution in [0.2, 0.25) is 5.02 Å². The number of nitrogens with zero attached hydrogens (tertiary/aromatic N) is 2. The standard InChI is InChI=1S/C17H21ClN2O5S2/c18-14-5-4-13(9-16(14)27(24,25)19-6-2-1-3-7-19)20-15-11-26(22,23)10-12(15)8-17(20)21/h4-5,9,12,15H,1-3,6-8,10-11H2. The van der Waals surface area contributed by atoms with Gasteiger partial charge in [-0.3, -0.25) is 4.79 Å². The molecule has 3 heterocycles. The largest absolute Gasteiger partial charge is 0.308 e. The fraction of sp³-hybridized carbons (Fsp3) is 0.588. The summed E-state index contributed by atoms with van der Waals surface area (Å²) in [5.74, 6) is -0.490. The number of amides is 1. The number of sulfone groups is 1. The second-order valence-corrected chi connectivity index (χ2v) is 11.9. The molecule has 0 radical (unpaired) electrons. The number of hydrogen-bond acceptors (Lipinski definition) is 5. The number of anilines is 1. The highest BCUT2D eigenvalue weighted by atomic mass is 35.5. The fourth-order valence-corrected chi connectivity index (χ4v) is 8.39. The van der Waals surface area contributed by atoms with Crippen molar-refractivity contribution in [2.75, 3.05) is 29.5 Å². The van der Waals surface area contributed by atoms with Gasteiger partial charge in [-0.2, -0.15) is 4.31 Å². The molecule has 7 nitrogen and oxygen atoms in total. The Kier molecular flexibility index (Phi) is 4.77. The Hall–Kier alpha value is -1.16. The van der Waals surface area contributed by atoms with E-state index in [9.17, 15) is 21.6 Å². The van der Waals surface area contributed by atoms with Gasteiger partial charge in [0, 0.05) is 31.1 Å². The third-order valence-corrected chi connectivity index (χ3v) is 9.77. The van der Waals surface area contributed by atoms with Crippen LogP contribution in [0.4, 0.5) is 5.69 Å². The van der Waals surface area contributed by atoms with E-state index in [4.69, 9.17) is 11.6 Å². The summed E-state index contributed by atoms with van der Waals surface area (Å²) in [7, 11) is -6.94. The number of fused-ring (bicyclic) bond motifs is 1. The molecule has 148 valence electrons. The van der Waals surface area contributed by atoms with Crippen molar-refractivity contribution in [2.24, 2.45) is 5.92 Å². The van der Waals surface area contributed by atoms with E-state index < -0.39 is 25.9 Å². The summed E-state index contributed by atoms with van der Waals surface area (Å²) in [4.78, 5) is 13.9. The van der Waals surface area contributed by atoms with Crippen molar-refractivity contribution < 1.29 is 21.6 Å². The molecule has 0 N–H and O–H groups in total. The first kappa shape index (κ1) is 19.2. The van der Waals surface area contributed by atoms with E-state index in [0.717, 1.165) is 19.3 Å². The zero-order chi connectivity index (χ0) is 19.4. The van der Waals surface area contributed by atoms with Crippen LogP contribution in [0.5, 0.6) is 0 Å². The molecule has 1 amide bonds. The van der Waals surface area contributed by atoms with E-state index in [1.165, 1.54) is 21.3 Å². The quantitative estimate of drug-likeness (QED) is 0.724. The second-order valence-electron chi connectivity index (χ2n) is 7.45. The zero-order valence-corrected chi connectivity index (χ0v) is 17.1. The lowest BCUT2D eigenvalue weighted by Crippen LogP contribution is -2.37. The van der Waals surface area contributed by atoms with Crippen LogP contribution in [0.1, 0.15) is 25.7 Å². The van der Waals surface area contributed by atoms with Gasteiger partial charge in [0.1, 0.15) is 4.90 Å². The lowest BCUT2D eigenvalue weighted by Gasteiger charge is -2.28. The average Bonchev–Trinajstić information content (AvgIpc) is 3.06. The Morgan fingerprint density at radius 3 is 2.48 bits per heavy atom. The molecule has 3 fully saturated rings. The molecule has 0 aliphatic carbocycles. The molecule has 0 spiro atoms. The van der Waals surface area contributed by atoms with Crippen LogP contribution in [0, 0.1) is 5.92 Å². The number of rotatable bonds is 3. The molecule has 1 aromatic carbocycles. The van der Waals surface area contributed by atoms with E-state index in [-0.39, 0.29) is 39.7 Å². The minimum atomic E-state index is -3.76. The van der Waals surface area contributed by atoms with Crippen molar-refractivity contribution in [1.29, 1.82) is 0 Å². The maximum atomic E-state index is 13.0. The van der Waals surface area contributed by atoms with Crippen LogP contribution >= 0.6 is 11.6 Å². The topological polar surface area (TPSA) is 91.8 Å². The van der Waals surface area contributed by atoms with E-state index in [2.05, 4.69) is 0 Å². The Balaban J connectivity index is 1.71. The highest BCUT2D eigenvalue weighted by molar-refractivity contribution is 7.91. The molecule has 0 saturated carbocycles. The minimum Gasteiger partial charge on any atom is -0.308 e. The molecule has 0 aromatic heterocycles. The molecule has 10 heteroatoms. The van der Waals surface area contributed by atoms with Gasteiger partial charge in [-0.25, -0.2) is 16.8 Å². The van der Waals surface area contributed by atoms with E-state index in [1.807, 2.05) is 0 Å². The number of hydrogen-bond donors (Lipinski definition) is 0. The Morgan fingerprint density at radius 2 is 1.78 bits per heavy atom. The smallest absolute Gasteiger partial charge is 0.244 e. The minimum absolute atomic E-state index is 0.00638. The van der Waals surface area contributed by atoms with Gasteiger partial charge < -0.3 is 4.90 Å². The lowest BCUT2D eigenvalue weighted by molar-refractivity contribution is -0.117. The number of benzene rings is 1. The molecule has 27 heavy (non-hydrogen) atoms.